The average molecular weight is 336 g/mol. The first kappa shape index (κ1) is 16.6. The zero-order valence-corrected chi connectivity index (χ0v) is 15.1. The number of fused-ring (bicyclic) bond motifs is 3. The topological polar surface area (TPSA) is 71.6 Å². The summed E-state index contributed by atoms with van der Waals surface area (Å²) in [6.45, 7) is 7.15. The van der Waals surface area contributed by atoms with Gasteiger partial charge in [0, 0.05) is 12.0 Å². The van der Waals surface area contributed by atoms with Crippen molar-refractivity contribution in [1.82, 2.24) is 9.97 Å². The molecular weight excluding hydrogens is 310 g/mol. The lowest BCUT2D eigenvalue weighted by atomic mass is 9.89. The first-order chi connectivity index (χ1) is 11.0. The number of aryl methyl sites for hydroxylation is 1. The van der Waals surface area contributed by atoms with Crippen molar-refractivity contribution in [3.05, 3.63) is 26.6 Å². The fourth-order valence-electron chi connectivity index (χ4n) is 3.48. The standard InChI is InChI=1S/C17H25N3O2S/c1-9-5-6-12-13(7-9)23-17-14(12)16(21)19-15(20-17)11(3)18-10(2)8-22-4/h9-11,18H,5-8H2,1-4H3,(H,19,20,21)/p+1/t9-,10-,11+/m0/s1. The van der Waals surface area contributed by atoms with Crippen LogP contribution in [0.5, 0.6) is 0 Å². The highest BCUT2D eigenvalue weighted by Crippen LogP contribution is 2.35. The number of aromatic amines is 1. The lowest BCUT2D eigenvalue weighted by Gasteiger charge is -2.17. The van der Waals surface area contributed by atoms with Crippen LogP contribution in [0.4, 0.5) is 0 Å². The van der Waals surface area contributed by atoms with E-state index >= 15 is 0 Å². The number of rotatable bonds is 5. The molecule has 0 radical (unpaired) electrons. The molecule has 2 heterocycles. The average Bonchev–Trinajstić information content (AvgIpc) is 2.84. The van der Waals surface area contributed by atoms with Gasteiger partial charge in [0.25, 0.3) is 5.56 Å². The number of H-pyrrole nitrogens is 1. The number of quaternary nitrogens is 1. The van der Waals surface area contributed by atoms with E-state index in [1.165, 1.54) is 16.9 Å². The number of nitrogens with two attached hydrogens (primary N) is 1. The zero-order valence-electron chi connectivity index (χ0n) is 14.3. The molecule has 0 saturated heterocycles. The predicted molar refractivity (Wildman–Crippen MR) is 93.1 cm³/mol. The molecule has 0 aromatic carbocycles. The van der Waals surface area contributed by atoms with Gasteiger partial charge in [-0.05, 0) is 44.6 Å². The number of aromatic nitrogens is 2. The second-order valence-electron chi connectivity index (χ2n) is 6.90. The Morgan fingerprint density at radius 1 is 1.48 bits per heavy atom. The van der Waals surface area contributed by atoms with Crippen molar-refractivity contribution in [3.8, 4) is 0 Å². The molecule has 126 valence electrons. The molecule has 2 aromatic rings. The largest absolute Gasteiger partial charge is 0.379 e. The number of thiophene rings is 1. The van der Waals surface area contributed by atoms with Gasteiger partial charge in [-0.2, -0.15) is 0 Å². The molecular formula is C17H26N3O2S+. The molecule has 0 unspecified atom stereocenters. The third-order valence-electron chi connectivity index (χ3n) is 4.66. The van der Waals surface area contributed by atoms with Crippen LogP contribution in [0.3, 0.4) is 0 Å². The van der Waals surface area contributed by atoms with Gasteiger partial charge in [-0.1, -0.05) is 6.92 Å². The minimum atomic E-state index is 0.0247. The summed E-state index contributed by atoms with van der Waals surface area (Å²) in [5.41, 5.74) is 1.27. The first-order valence-electron chi connectivity index (χ1n) is 8.38. The van der Waals surface area contributed by atoms with Gasteiger partial charge < -0.3 is 15.0 Å². The zero-order chi connectivity index (χ0) is 16.6. The summed E-state index contributed by atoms with van der Waals surface area (Å²) >= 11 is 1.71. The van der Waals surface area contributed by atoms with Crippen LogP contribution in [0.2, 0.25) is 0 Å². The Kier molecular flexibility index (Phi) is 4.85. The summed E-state index contributed by atoms with van der Waals surface area (Å²) in [5, 5.41) is 3.02. The normalized spacial score (nSPS) is 20.4. The molecule has 0 aliphatic heterocycles. The number of hydrogen-bond donors (Lipinski definition) is 2. The Balaban J connectivity index is 1.94. The highest BCUT2D eigenvalue weighted by molar-refractivity contribution is 7.18. The van der Waals surface area contributed by atoms with Gasteiger partial charge in [0.05, 0.1) is 12.0 Å². The van der Waals surface area contributed by atoms with Gasteiger partial charge in [-0.15, -0.1) is 11.3 Å². The summed E-state index contributed by atoms with van der Waals surface area (Å²) in [6, 6.07) is 0.434. The quantitative estimate of drug-likeness (QED) is 0.874. The highest BCUT2D eigenvalue weighted by Gasteiger charge is 2.24. The van der Waals surface area contributed by atoms with Crippen molar-refractivity contribution < 1.29 is 10.1 Å². The van der Waals surface area contributed by atoms with E-state index in [-0.39, 0.29) is 11.6 Å². The van der Waals surface area contributed by atoms with E-state index in [4.69, 9.17) is 9.72 Å². The fourth-order valence-corrected chi connectivity index (χ4v) is 4.87. The fraction of sp³-hybridized carbons (Fsp3) is 0.647. The number of ether oxygens (including phenoxy) is 1. The Labute approximate surface area is 140 Å². The van der Waals surface area contributed by atoms with Crippen LogP contribution in [0, 0.1) is 5.92 Å². The number of nitrogens with zero attached hydrogens (tertiary/aromatic N) is 1. The highest BCUT2D eigenvalue weighted by atomic mass is 32.1. The number of hydrogen-bond acceptors (Lipinski definition) is 4. The molecule has 23 heavy (non-hydrogen) atoms. The van der Waals surface area contributed by atoms with Gasteiger partial charge in [-0.3, -0.25) is 4.79 Å². The monoisotopic (exact) mass is 336 g/mol. The van der Waals surface area contributed by atoms with E-state index in [1.807, 2.05) is 0 Å². The van der Waals surface area contributed by atoms with Crippen molar-refractivity contribution in [2.75, 3.05) is 13.7 Å². The van der Waals surface area contributed by atoms with E-state index in [1.54, 1.807) is 18.4 Å². The van der Waals surface area contributed by atoms with E-state index in [9.17, 15) is 4.79 Å². The summed E-state index contributed by atoms with van der Waals surface area (Å²) in [4.78, 5) is 22.7. The molecule has 6 heteroatoms. The van der Waals surface area contributed by atoms with Crippen molar-refractivity contribution in [3.63, 3.8) is 0 Å². The lowest BCUT2D eigenvalue weighted by molar-refractivity contribution is -0.724. The van der Waals surface area contributed by atoms with Gasteiger partial charge in [-0.25, -0.2) is 4.98 Å². The third-order valence-corrected chi connectivity index (χ3v) is 5.81. The second kappa shape index (κ2) is 6.71. The van der Waals surface area contributed by atoms with E-state index < -0.39 is 0 Å². The molecule has 1 aliphatic carbocycles. The molecule has 1 aliphatic rings. The predicted octanol–water partition coefficient (Wildman–Crippen LogP) is 1.77. The molecule has 2 aromatic heterocycles. The van der Waals surface area contributed by atoms with Crippen molar-refractivity contribution >= 4 is 21.6 Å². The molecule has 0 bridgehead atoms. The third kappa shape index (κ3) is 3.34. The van der Waals surface area contributed by atoms with Gasteiger partial charge in [0.2, 0.25) is 0 Å². The molecule has 3 rings (SSSR count). The summed E-state index contributed by atoms with van der Waals surface area (Å²) in [7, 11) is 1.71. The van der Waals surface area contributed by atoms with E-state index in [0.29, 0.717) is 18.6 Å². The van der Waals surface area contributed by atoms with E-state index in [2.05, 4.69) is 31.1 Å². The second-order valence-corrected chi connectivity index (χ2v) is 7.98. The van der Waals surface area contributed by atoms with Crippen molar-refractivity contribution in [1.29, 1.82) is 0 Å². The summed E-state index contributed by atoms with van der Waals surface area (Å²) in [6.07, 6.45) is 3.25. The van der Waals surface area contributed by atoms with Crippen molar-refractivity contribution in [2.24, 2.45) is 5.92 Å². The molecule has 5 nitrogen and oxygen atoms in total. The Bertz CT molecular complexity index is 752. The molecule has 0 spiro atoms. The Hall–Kier alpha value is -1.24. The number of nitrogens with one attached hydrogen (secondary N) is 1. The smallest absolute Gasteiger partial charge is 0.260 e. The van der Waals surface area contributed by atoms with Crippen LogP contribution in [-0.4, -0.2) is 29.7 Å². The van der Waals surface area contributed by atoms with Crippen LogP contribution >= 0.6 is 11.3 Å². The summed E-state index contributed by atoms with van der Waals surface area (Å²) < 4.78 is 5.18. The molecule has 0 fully saturated rings. The maximum Gasteiger partial charge on any atom is 0.260 e. The molecule has 3 N–H and O–H groups in total. The van der Waals surface area contributed by atoms with Crippen LogP contribution < -0.4 is 10.9 Å². The van der Waals surface area contributed by atoms with Gasteiger partial charge in [0.15, 0.2) is 5.82 Å². The van der Waals surface area contributed by atoms with Crippen LogP contribution in [0.15, 0.2) is 4.79 Å². The molecule has 0 amide bonds. The molecule has 3 atom stereocenters. The van der Waals surface area contributed by atoms with Crippen LogP contribution in [-0.2, 0) is 17.6 Å². The minimum Gasteiger partial charge on any atom is -0.379 e. The minimum absolute atomic E-state index is 0.0247. The maximum atomic E-state index is 12.6. The summed E-state index contributed by atoms with van der Waals surface area (Å²) in [5.74, 6) is 1.47. The number of methoxy groups -OCH3 is 1. The van der Waals surface area contributed by atoms with Crippen molar-refractivity contribution in [2.45, 2.75) is 52.1 Å². The Morgan fingerprint density at radius 2 is 2.26 bits per heavy atom. The van der Waals surface area contributed by atoms with Crippen LogP contribution in [0.1, 0.15) is 49.5 Å². The van der Waals surface area contributed by atoms with Gasteiger partial charge >= 0.3 is 0 Å². The molecule has 0 saturated carbocycles. The van der Waals surface area contributed by atoms with E-state index in [0.717, 1.165) is 28.9 Å². The first-order valence-corrected chi connectivity index (χ1v) is 9.19. The Morgan fingerprint density at radius 3 is 3.00 bits per heavy atom. The lowest BCUT2D eigenvalue weighted by Crippen LogP contribution is -2.90. The SMILES string of the molecule is COC[C@H](C)[NH2+][C@H](C)c1nc2sc3c(c2c(=O)[nH]1)CC[C@H](C)C3. The van der Waals surface area contributed by atoms with Gasteiger partial charge in [0.1, 0.15) is 16.9 Å². The maximum absolute atomic E-state index is 12.6. The van der Waals surface area contributed by atoms with Crippen LogP contribution in [0.25, 0.3) is 10.2 Å².